The first-order chi connectivity index (χ1) is 8.68. The van der Waals surface area contributed by atoms with E-state index < -0.39 is 24.1 Å². The lowest BCUT2D eigenvalue weighted by molar-refractivity contribution is 0.00578. The molecule has 0 spiro atoms. The maximum atomic E-state index is 13.5. The van der Waals surface area contributed by atoms with Crippen LogP contribution in [0.1, 0.15) is 33.3 Å². The summed E-state index contributed by atoms with van der Waals surface area (Å²) in [5, 5.41) is 18.8. The Morgan fingerprint density at radius 3 is 2.21 bits per heavy atom. The summed E-state index contributed by atoms with van der Waals surface area (Å²) >= 11 is 0. The van der Waals surface area contributed by atoms with Crippen molar-refractivity contribution in [1.82, 2.24) is 0 Å². The number of benzene rings is 1. The van der Waals surface area contributed by atoms with Gasteiger partial charge in [-0.3, -0.25) is 0 Å². The van der Waals surface area contributed by atoms with Gasteiger partial charge in [0.2, 0.25) is 0 Å². The first-order valence-electron chi connectivity index (χ1n) is 5.96. The van der Waals surface area contributed by atoms with Gasteiger partial charge in [0.15, 0.2) is 0 Å². The normalized spacial score (nSPS) is 20.3. The quantitative estimate of drug-likeness (QED) is 0.783. The zero-order chi connectivity index (χ0) is 14.4. The van der Waals surface area contributed by atoms with Crippen LogP contribution in [0.15, 0.2) is 12.1 Å². The summed E-state index contributed by atoms with van der Waals surface area (Å²) in [6.45, 7) is 7.42. The predicted octanol–water partition coefficient (Wildman–Crippen LogP) is 1.70. The van der Waals surface area contributed by atoms with Crippen LogP contribution in [0.3, 0.4) is 0 Å². The maximum absolute atomic E-state index is 13.5. The highest BCUT2D eigenvalue weighted by Gasteiger charge is 2.52. The number of nitriles is 1. The van der Waals surface area contributed by atoms with E-state index in [0.29, 0.717) is 0 Å². The largest absolute Gasteiger partial charge is 0.507 e. The monoisotopic (exact) mass is 263 g/mol. The van der Waals surface area contributed by atoms with Gasteiger partial charge in [0.25, 0.3) is 0 Å². The molecule has 4 nitrogen and oxygen atoms in total. The van der Waals surface area contributed by atoms with Crippen LogP contribution in [0.4, 0.5) is 4.39 Å². The van der Waals surface area contributed by atoms with Gasteiger partial charge in [-0.15, -0.1) is 0 Å². The highest BCUT2D eigenvalue weighted by molar-refractivity contribution is 6.63. The highest BCUT2D eigenvalue weighted by Crippen LogP contribution is 2.37. The molecular formula is C13H15BFNO3. The molecule has 1 aromatic rings. The van der Waals surface area contributed by atoms with Crippen LogP contribution in [0.5, 0.6) is 5.75 Å². The third-order valence-corrected chi connectivity index (χ3v) is 3.73. The van der Waals surface area contributed by atoms with E-state index in [9.17, 15) is 9.50 Å². The Morgan fingerprint density at radius 1 is 1.21 bits per heavy atom. The van der Waals surface area contributed by atoms with Crippen molar-refractivity contribution in [1.29, 1.82) is 5.26 Å². The van der Waals surface area contributed by atoms with Crippen molar-refractivity contribution >= 4 is 12.6 Å². The number of phenolic OH excluding ortho intramolecular Hbond substituents is 1. The predicted molar refractivity (Wildman–Crippen MR) is 68.5 cm³/mol. The van der Waals surface area contributed by atoms with Crippen LogP contribution < -0.4 is 5.46 Å². The van der Waals surface area contributed by atoms with Crippen LogP contribution in [0, 0.1) is 17.1 Å². The van der Waals surface area contributed by atoms with Crippen molar-refractivity contribution in [3.05, 3.63) is 23.5 Å². The molecule has 0 saturated carbocycles. The molecular weight excluding hydrogens is 248 g/mol. The zero-order valence-corrected chi connectivity index (χ0v) is 11.3. The summed E-state index contributed by atoms with van der Waals surface area (Å²) in [6, 6.07) is 3.84. The third kappa shape index (κ3) is 2.20. The molecule has 0 aromatic heterocycles. The Kier molecular flexibility index (Phi) is 3.08. The lowest BCUT2D eigenvalue weighted by atomic mass is 9.77. The van der Waals surface area contributed by atoms with E-state index in [1.165, 1.54) is 0 Å². The number of hydrogen-bond donors (Lipinski definition) is 1. The van der Waals surface area contributed by atoms with E-state index in [4.69, 9.17) is 14.6 Å². The Bertz CT molecular complexity index is 550. The van der Waals surface area contributed by atoms with E-state index in [1.54, 1.807) is 6.07 Å². The van der Waals surface area contributed by atoms with Gasteiger partial charge in [-0.2, -0.15) is 5.26 Å². The van der Waals surface area contributed by atoms with Crippen molar-refractivity contribution in [2.24, 2.45) is 0 Å². The molecule has 0 unspecified atom stereocenters. The average molecular weight is 263 g/mol. The highest BCUT2D eigenvalue weighted by atomic mass is 19.1. The second kappa shape index (κ2) is 4.22. The smallest absolute Gasteiger partial charge is 0.498 e. The second-order valence-electron chi connectivity index (χ2n) is 5.59. The van der Waals surface area contributed by atoms with E-state index in [1.807, 2.05) is 27.7 Å². The Morgan fingerprint density at radius 2 is 1.74 bits per heavy atom. The topological polar surface area (TPSA) is 62.5 Å². The molecule has 1 fully saturated rings. The van der Waals surface area contributed by atoms with Gasteiger partial charge in [-0.05, 0) is 39.8 Å². The van der Waals surface area contributed by atoms with Crippen LogP contribution in [0.25, 0.3) is 0 Å². The fraction of sp³-hybridized carbons (Fsp3) is 0.462. The number of hydrogen-bond acceptors (Lipinski definition) is 4. The molecule has 1 aliphatic heterocycles. The molecule has 1 saturated heterocycles. The van der Waals surface area contributed by atoms with Crippen molar-refractivity contribution in [3.8, 4) is 11.8 Å². The standard InChI is InChI=1S/C13H15BFNO3/c1-12(2)13(3,4)19-14(18-12)10-6-9(15)5-8(7-16)11(10)17/h5-6,17H,1-4H3. The summed E-state index contributed by atoms with van der Waals surface area (Å²) in [5.74, 6) is -0.915. The molecule has 0 radical (unpaired) electrons. The number of rotatable bonds is 1. The zero-order valence-electron chi connectivity index (χ0n) is 11.3. The molecule has 6 heteroatoms. The lowest BCUT2D eigenvalue weighted by Gasteiger charge is -2.32. The molecule has 0 atom stereocenters. The number of aromatic hydroxyl groups is 1. The van der Waals surface area contributed by atoms with Crippen LogP contribution in [-0.4, -0.2) is 23.4 Å². The van der Waals surface area contributed by atoms with Crippen molar-refractivity contribution in [3.63, 3.8) is 0 Å². The van der Waals surface area contributed by atoms with Crippen LogP contribution >= 0.6 is 0 Å². The summed E-state index contributed by atoms with van der Waals surface area (Å²) in [7, 11) is -0.896. The van der Waals surface area contributed by atoms with Gasteiger partial charge >= 0.3 is 7.12 Å². The van der Waals surface area contributed by atoms with Gasteiger partial charge < -0.3 is 14.4 Å². The summed E-state index contributed by atoms with van der Waals surface area (Å²) in [5.41, 5.74) is -1.19. The fourth-order valence-corrected chi connectivity index (χ4v) is 1.86. The minimum absolute atomic E-state index is 0.134. The van der Waals surface area contributed by atoms with Crippen LogP contribution in [-0.2, 0) is 9.31 Å². The van der Waals surface area contributed by atoms with Crippen LogP contribution in [0.2, 0.25) is 0 Å². The SMILES string of the molecule is CC1(C)OB(c2cc(F)cc(C#N)c2O)OC1(C)C. The van der Waals surface area contributed by atoms with Gasteiger partial charge in [0.1, 0.15) is 17.6 Å². The Balaban J connectivity index is 2.46. The average Bonchev–Trinajstić information content (AvgIpc) is 2.50. The molecule has 1 N–H and O–H groups in total. The minimum atomic E-state index is -0.896. The first-order valence-corrected chi connectivity index (χ1v) is 5.96. The van der Waals surface area contributed by atoms with Crippen molar-refractivity contribution in [2.45, 2.75) is 38.9 Å². The first kappa shape index (κ1) is 13.8. The molecule has 1 aliphatic rings. The summed E-state index contributed by atoms with van der Waals surface area (Å²) in [4.78, 5) is 0. The molecule has 100 valence electrons. The van der Waals surface area contributed by atoms with E-state index >= 15 is 0 Å². The Hall–Kier alpha value is -1.58. The van der Waals surface area contributed by atoms with Gasteiger partial charge in [0, 0.05) is 5.46 Å². The van der Waals surface area contributed by atoms with Gasteiger partial charge in [-0.25, -0.2) is 4.39 Å². The minimum Gasteiger partial charge on any atom is -0.507 e. The molecule has 1 aromatic carbocycles. The molecule has 19 heavy (non-hydrogen) atoms. The third-order valence-electron chi connectivity index (χ3n) is 3.73. The van der Waals surface area contributed by atoms with Gasteiger partial charge in [-0.1, -0.05) is 0 Å². The molecule has 0 aliphatic carbocycles. The molecule has 2 rings (SSSR count). The Labute approximate surface area is 111 Å². The summed E-state index contributed by atoms with van der Waals surface area (Å²) < 4.78 is 24.9. The van der Waals surface area contributed by atoms with E-state index in [0.717, 1.165) is 12.1 Å². The van der Waals surface area contributed by atoms with E-state index in [2.05, 4.69) is 0 Å². The van der Waals surface area contributed by atoms with E-state index in [-0.39, 0.29) is 16.8 Å². The van der Waals surface area contributed by atoms with Gasteiger partial charge in [0.05, 0.1) is 16.8 Å². The fourth-order valence-electron chi connectivity index (χ4n) is 1.86. The number of halogens is 1. The number of nitrogens with zero attached hydrogens (tertiary/aromatic N) is 1. The molecule has 1 heterocycles. The van der Waals surface area contributed by atoms with Crippen molar-refractivity contribution < 1.29 is 18.8 Å². The number of phenols is 1. The molecule has 0 bridgehead atoms. The second-order valence-corrected chi connectivity index (χ2v) is 5.59. The molecule has 0 amide bonds. The summed E-state index contributed by atoms with van der Waals surface area (Å²) in [6.07, 6.45) is 0. The van der Waals surface area contributed by atoms with Crippen molar-refractivity contribution in [2.75, 3.05) is 0 Å². The lowest BCUT2D eigenvalue weighted by Crippen LogP contribution is -2.41. The maximum Gasteiger partial charge on any atom is 0.498 e.